The number of nitrogens with one attached hydrogen (secondary N) is 3. The number of benzene rings is 1. The van der Waals surface area contributed by atoms with Crippen LogP contribution in [0.3, 0.4) is 0 Å². The van der Waals surface area contributed by atoms with Gasteiger partial charge < -0.3 is 10.6 Å². The Morgan fingerprint density at radius 2 is 1.68 bits per heavy atom. The van der Waals surface area contributed by atoms with Crippen molar-refractivity contribution in [2.75, 3.05) is 22.8 Å². The Morgan fingerprint density at radius 3 is 2.14 bits per heavy atom. The van der Waals surface area contributed by atoms with Crippen LogP contribution in [-0.2, 0) is 14.8 Å². The van der Waals surface area contributed by atoms with Gasteiger partial charge in [0.25, 0.3) is 0 Å². The molecule has 0 radical (unpaired) electrons. The molecule has 6 nitrogen and oxygen atoms in total. The molecule has 1 atom stereocenters. The second-order valence-electron chi connectivity index (χ2n) is 4.65. The smallest absolute Gasteiger partial charge is 0.374 e. The van der Waals surface area contributed by atoms with E-state index in [0.29, 0.717) is 11.4 Å². The van der Waals surface area contributed by atoms with E-state index >= 15 is 0 Å². The summed E-state index contributed by atoms with van der Waals surface area (Å²) in [6, 6.07) is 5.05. The maximum atomic E-state index is 12.0. The molecule has 10 heteroatoms. The van der Waals surface area contributed by atoms with E-state index < -0.39 is 34.7 Å². The lowest BCUT2D eigenvalue weighted by molar-refractivity contribution is -0.138. The Labute approximate surface area is 126 Å². The predicted molar refractivity (Wildman–Crippen MR) is 77.1 cm³/mol. The van der Waals surface area contributed by atoms with E-state index in [9.17, 15) is 26.4 Å². The molecular formula is C12H16F3N3O3S. The highest BCUT2D eigenvalue weighted by molar-refractivity contribution is 7.92. The first-order valence-electron chi connectivity index (χ1n) is 6.15. The third kappa shape index (κ3) is 7.16. The maximum Gasteiger partial charge on any atom is 0.405 e. The fraction of sp³-hybridized carbons (Fsp3) is 0.417. The van der Waals surface area contributed by atoms with Gasteiger partial charge in [0.15, 0.2) is 0 Å². The minimum absolute atomic E-state index is 0.335. The van der Waals surface area contributed by atoms with Crippen LogP contribution in [0.2, 0.25) is 0 Å². The molecule has 1 aromatic carbocycles. The first-order valence-corrected chi connectivity index (χ1v) is 8.04. The number of sulfonamides is 1. The quantitative estimate of drug-likeness (QED) is 0.734. The summed E-state index contributed by atoms with van der Waals surface area (Å²) in [7, 11) is -3.39. The molecule has 0 fully saturated rings. The second-order valence-corrected chi connectivity index (χ2v) is 6.40. The molecule has 124 valence electrons. The zero-order valence-electron chi connectivity index (χ0n) is 11.9. The average Bonchev–Trinajstić information content (AvgIpc) is 2.35. The predicted octanol–water partition coefficient (Wildman–Crippen LogP) is 1.54. The Morgan fingerprint density at radius 1 is 1.18 bits per heavy atom. The number of carbonyl (C=O) groups excluding carboxylic acids is 1. The fourth-order valence-electron chi connectivity index (χ4n) is 1.50. The van der Waals surface area contributed by atoms with Crippen molar-refractivity contribution in [1.29, 1.82) is 0 Å². The number of hydrogen-bond donors (Lipinski definition) is 3. The minimum atomic E-state index is -4.46. The first-order chi connectivity index (χ1) is 9.96. The lowest BCUT2D eigenvalue weighted by Gasteiger charge is -2.16. The Bertz CT molecular complexity index is 615. The summed E-state index contributed by atoms with van der Waals surface area (Å²) in [4.78, 5) is 11.5. The van der Waals surface area contributed by atoms with Crippen LogP contribution in [0.1, 0.15) is 6.92 Å². The Kier molecular flexibility index (Phi) is 5.64. The van der Waals surface area contributed by atoms with Gasteiger partial charge in [-0.25, -0.2) is 8.42 Å². The molecule has 0 aliphatic rings. The lowest BCUT2D eigenvalue weighted by Crippen LogP contribution is -2.42. The van der Waals surface area contributed by atoms with Crippen molar-refractivity contribution in [1.82, 2.24) is 5.32 Å². The molecule has 0 saturated heterocycles. The van der Waals surface area contributed by atoms with Crippen molar-refractivity contribution in [2.24, 2.45) is 0 Å². The molecule has 22 heavy (non-hydrogen) atoms. The largest absolute Gasteiger partial charge is 0.405 e. The van der Waals surface area contributed by atoms with Gasteiger partial charge in [-0.2, -0.15) is 13.2 Å². The maximum absolute atomic E-state index is 12.0. The highest BCUT2D eigenvalue weighted by atomic mass is 32.2. The van der Waals surface area contributed by atoms with Crippen LogP contribution in [0.15, 0.2) is 24.3 Å². The number of carbonyl (C=O) groups is 1. The van der Waals surface area contributed by atoms with Gasteiger partial charge in [0.1, 0.15) is 12.6 Å². The van der Waals surface area contributed by atoms with E-state index in [4.69, 9.17) is 0 Å². The molecule has 1 amide bonds. The number of halogens is 3. The molecule has 0 saturated carbocycles. The number of alkyl halides is 3. The van der Waals surface area contributed by atoms with Gasteiger partial charge in [-0.3, -0.25) is 9.52 Å². The number of rotatable bonds is 6. The summed E-state index contributed by atoms with van der Waals surface area (Å²) in [6.45, 7) is 0.0173. The average molecular weight is 339 g/mol. The molecule has 1 aromatic rings. The molecule has 0 aliphatic heterocycles. The van der Waals surface area contributed by atoms with Crippen LogP contribution < -0.4 is 15.4 Å². The fourth-order valence-corrected chi connectivity index (χ4v) is 2.07. The first kappa shape index (κ1) is 18.1. The second kappa shape index (κ2) is 6.86. The highest BCUT2D eigenvalue weighted by Crippen LogP contribution is 2.16. The SMILES string of the molecule is CC(Nc1ccc(NS(C)(=O)=O)cc1)C(=O)NCC(F)(F)F. The van der Waals surface area contributed by atoms with Crippen molar-refractivity contribution >= 4 is 27.3 Å². The van der Waals surface area contributed by atoms with E-state index in [1.165, 1.54) is 31.2 Å². The molecule has 0 aliphatic carbocycles. The van der Waals surface area contributed by atoms with Crippen LogP contribution in [0.5, 0.6) is 0 Å². The summed E-state index contributed by atoms with van der Waals surface area (Å²) in [5.74, 6) is -0.796. The van der Waals surface area contributed by atoms with Gasteiger partial charge in [0.2, 0.25) is 15.9 Å². The van der Waals surface area contributed by atoms with E-state index in [0.717, 1.165) is 6.26 Å². The van der Waals surface area contributed by atoms with E-state index in [2.05, 4.69) is 10.0 Å². The van der Waals surface area contributed by atoms with Crippen molar-refractivity contribution < 1.29 is 26.4 Å². The minimum Gasteiger partial charge on any atom is -0.374 e. The Balaban J connectivity index is 2.57. The van der Waals surface area contributed by atoms with Crippen molar-refractivity contribution in [2.45, 2.75) is 19.1 Å². The third-order valence-corrected chi connectivity index (χ3v) is 3.03. The van der Waals surface area contributed by atoms with E-state index in [-0.39, 0.29) is 0 Å². The van der Waals surface area contributed by atoms with Crippen molar-refractivity contribution in [3.05, 3.63) is 24.3 Å². The molecule has 3 N–H and O–H groups in total. The molecule has 0 heterocycles. The number of amides is 1. The zero-order valence-corrected chi connectivity index (χ0v) is 12.7. The summed E-state index contributed by atoms with van der Waals surface area (Å²) in [5.41, 5.74) is 0.802. The van der Waals surface area contributed by atoms with Crippen molar-refractivity contribution in [3.8, 4) is 0 Å². The zero-order chi connectivity index (χ0) is 17.0. The number of anilines is 2. The van der Waals surface area contributed by atoms with Crippen LogP contribution in [0.4, 0.5) is 24.5 Å². The van der Waals surface area contributed by atoms with E-state index in [1.54, 1.807) is 5.32 Å². The summed E-state index contributed by atoms with van der Waals surface area (Å²) in [5, 5.41) is 4.48. The van der Waals surface area contributed by atoms with Crippen LogP contribution in [0.25, 0.3) is 0 Å². The molecule has 1 unspecified atom stereocenters. The third-order valence-electron chi connectivity index (χ3n) is 2.43. The topological polar surface area (TPSA) is 87.3 Å². The normalized spacial score (nSPS) is 13.3. The van der Waals surface area contributed by atoms with Gasteiger partial charge >= 0.3 is 6.18 Å². The lowest BCUT2D eigenvalue weighted by atomic mass is 10.2. The van der Waals surface area contributed by atoms with Crippen molar-refractivity contribution in [3.63, 3.8) is 0 Å². The number of hydrogen-bond acceptors (Lipinski definition) is 4. The molecule has 0 bridgehead atoms. The summed E-state index contributed by atoms with van der Waals surface area (Å²) < 4.78 is 60.3. The molecule has 0 spiro atoms. The van der Waals surface area contributed by atoms with Gasteiger partial charge in [-0.1, -0.05) is 0 Å². The highest BCUT2D eigenvalue weighted by Gasteiger charge is 2.28. The standard InChI is InChI=1S/C12H16F3N3O3S/c1-8(11(19)16-7-12(13,14)15)17-9-3-5-10(6-4-9)18-22(2,20)21/h3-6,8,17-18H,7H2,1-2H3,(H,16,19). The van der Waals surface area contributed by atoms with Crippen LogP contribution >= 0.6 is 0 Å². The summed E-state index contributed by atoms with van der Waals surface area (Å²) >= 11 is 0. The van der Waals surface area contributed by atoms with Gasteiger partial charge in [0, 0.05) is 11.4 Å². The Hall–Kier alpha value is -1.97. The molecule has 1 rings (SSSR count). The van der Waals surface area contributed by atoms with Gasteiger partial charge in [-0.05, 0) is 31.2 Å². The van der Waals surface area contributed by atoms with Gasteiger partial charge in [-0.15, -0.1) is 0 Å². The summed E-state index contributed by atoms with van der Waals surface area (Å²) in [6.07, 6.45) is -3.46. The van der Waals surface area contributed by atoms with Crippen LogP contribution in [-0.4, -0.2) is 39.3 Å². The molecule has 0 aromatic heterocycles. The monoisotopic (exact) mass is 339 g/mol. The van der Waals surface area contributed by atoms with Gasteiger partial charge in [0.05, 0.1) is 6.26 Å². The van der Waals surface area contributed by atoms with E-state index in [1.807, 2.05) is 0 Å². The molecular weight excluding hydrogens is 323 g/mol. The van der Waals surface area contributed by atoms with Crippen LogP contribution in [0, 0.1) is 0 Å².